The van der Waals surface area contributed by atoms with Crippen molar-refractivity contribution in [2.45, 2.75) is 19.4 Å². The van der Waals surface area contributed by atoms with Gasteiger partial charge in [0.2, 0.25) is 0 Å². The Kier molecular flexibility index (Phi) is 5.29. The lowest BCUT2D eigenvalue weighted by atomic mass is 9.99. The topological polar surface area (TPSA) is 76.4 Å². The van der Waals surface area contributed by atoms with Gasteiger partial charge in [0.25, 0.3) is 5.91 Å². The van der Waals surface area contributed by atoms with Crippen LogP contribution >= 0.6 is 0 Å². The summed E-state index contributed by atoms with van der Waals surface area (Å²) >= 11 is 0. The standard InChI is InChI=1S/C21H21F2N3O3/c1-11-5-17-19(26-9-11)14(8-13-10-25-3-4-28-13)20(29-17)18-15(22)6-12(7-16(18)23)21(27)24-2/h5-7,9,13,25H,3-4,8,10H2,1-2H3,(H,24,27)/t13-/m0/s1. The fraction of sp³-hybridized carbons (Fsp3) is 0.333. The zero-order valence-electron chi connectivity index (χ0n) is 16.1. The molecule has 29 heavy (non-hydrogen) atoms. The number of aromatic nitrogens is 1. The van der Waals surface area contributed by atoms with Crippen molar-refractivity contribution >= 4 is 17.0 Å². The molecule has 1 atom stereocenters. The molecule has 1 saturated heterocycles. The smallest absolute Gasteiger partial charge is 0.251 e. The van der Waals surface area contributed by atoms with Crippen molar-refractivity contribution < 1.29 is 22.7 Å². The molecule has 0 bridgehead atoms. The van der Waals surface area contributed by atoms with E-state index in [1.807, 2.05) is 6.92 Å². The largest absolute Gasteiger partial charge is 0.454 e. The number of hydrogen-bond acceptors (Lipinski definition) is 5. The van der Waals surface area contributed by atoms with Gasteiger partial charge in [-0.05, 0) is 30.7 Å². The fourth-order valence-electron chi connectivity index (χ4n) is 3.56. The summed E-state index contributed by atoms with van der Waals surface area (Å²) in [6.45, 7) is 3.81. The second kappa shape index (κ2) is 7.88. The molecule has 3 aromatic rings. The third-order valence-electron chi connectivity index (χ3n) is 4.96. The van der Waals surface area contributed by atoms with Gasteiger partial charge in [-0.2, -0.15) is 0 Å². The highest BCUT2D eigenvalue weighted by molar-refractivity contribution is 5.95. The van der Waals surface area contributed by atoms with Crippen molar-refractivity contribution in [2.24, 2.45) is 0 Å². The molecule has 1 aliphatic rings. The van der Waals surface area contributed by atoms with Crippen molar-refractivity contribution in [3.05, 3.63) is 52.7 Å². The summed E-state index contributed by atoms with van der Waals surface area (Å²) in [5.74, 6) is -2.24. The molecule has 1 fully saturated rings. The first-order valence-electron chi connectivity index (χ1n) is 9.39. The second-order valence-corrected chi connectivity index (χ2v) is 7.06. The predicted molar refractivity (Wildman–Crippen MR) is 104 cm³/mol. The van der Waals surface area contributed by atoms with Crippen LogP contribution in [0, 0.1) is 18.6 Å². The Bertz CT molecular complexity index is 1050. The number of ether oxygens (including phenoxy) is 1. The molecule has 2 N–H and O–H groups in total. The van der Waals surface area contributed by atoms with Crippen molar-refractivity contribution in [3.8, 4) is 11.3 Å². The number of benzene rings is 1. The molecule has 1 aromatic carbocycles. The maximum absolute atomic E-state index is 14.9. The molecular weight excluding hydrogens is 380 g/mol. The molecule has 8 heteroatoms. The SMILES string of the molecule is CNC(=O)c1cc(F)c(-c2oc3cc(C)cnc3c2C[C@H]2CNCCO2)c(F)c1. The van der Waals surface area contributed by atoms with Gasteiger partial charge in [0.05, 0.1) is 18.3 Å². The van der Waals surface area contributed by atoms with Crippen molar-refractivity contribution in [1.29, 1.82) is 0 Å². The third kappa shape index (κ3) is 3.73. The van der Waals surface area contributed by atoms with Gasteiger partial charge in [-0.15, -0.1) is 0 Å². The summed E-state index contributed by atoms with van der Waals surface area (Å²) in [5.41, 5.74) is 2.04. The van der Waals surface area contributed by atoms with E-state index in [2.05, 4.69) is 15.6 Å². The lowest BCUT2D eigenvalue weighted by Crippen LogP contribution is -2.39. The number of amides is 1. The number of hydrogen-bond donors (Lipinski definition) is 2. The van der Waals surface area contributed by atoms with Crippen LogP contribution in [-0.4, -0.2) is 43.7 Å². The molecule has 0 saturated carbocycles. The molecule has 152 valence electrons. The average Bonchev–Trinajstić information content (AvgIpc) is 3.04. The zero-order valence-corrected chi connectivity index (χ0v) is 16.1. The van der Waals surface area contributed by atoms with E-state index in [4.69, 9.17) is 9.15 Å². The minimum absolute atomic E-state index is 0.0748. The van der Waals surface area contributed by atoms with Crippen LogP contribution in [0.15, 0.2) is 28.8 Å². The minimum atomic E-state index is -0.872. The van der Waals surface area contributed by atoms with Crippen LogP contribution in [0.4, 0.5) is 8.78 Å². The molecule has 0 aliphatic carbocycles. The van der Waals surface area contributed by atoms with Gasteiger partial charge in [-0.25, -0.2) is 8.78 Å². The monoisotopic (exact) mass is 401 g/mol. The van der Waals surface area contributed by atoms with Gasteiger partial charge in [-0.1, -0.05) is 0 Å². The van der Waals surface area contributed by atoms with E-state index in [-0.39, 0.29) is 23.0 Å². The van der Waals surface area contributed by atoms with Gasteiger partial charge in [-0.3, -0.25) is 9.78 Å². The highest BCUT2D eigenvalue weighted by Gasteiger charge is 2.27. The van der Waals surface area contributed by atoms with Crippen molar-refractivity contribution in [3.63, 3.8) is 0 Å². The van der Waals surface area contributed by atoms with Crippen LogP contribution in [0.25, 0.3) is 22.4 Å². The number of morpholine rings is 1. The van der Waals surface area contributed by atoms with Gasteiger partial charge in [0.15, 0.2) is 5.58 Å². The molecule has 4 rings (SSSR count). The molecule has 0 spiro atoms. The number of rotatable bonds is 4. The van der Waals surface area contributed by atoms with E-state index in [9.17, 15) is 13.6 Å². The Balaban J connectivity index is 1.86. The number of fused-ring (bicyclic) bond motifs is 1. The summed E-state index contributed by atoms with van der Waals surface area (Å²) in [4.78, 5) is 16.2. The molecule has 3 heterocycles. The lowest BCUT2D eigenvalue weighted by molar-refractivity contribution is 0.0294. The van der Waals surface area contributed by atoms with E-state index < -0.39 is 17.5 Å². The van der Waals surface area contributed by atoms with Crippen LogP contribution in [0.2, 0.25) is 0 Å². The highest BCUT2D eigenvalue weighted by Crippen LogP contribution is 2.37. The number of furan rings is 1. The third-order valence-corrected chi connectivity index (χ3v) is 4.96. The van der Waals surface area contributed by atoms with Crippen LogP contribution < -0.4 is 10.6 Å². The normalized spacial score (nSPS) is 16.9. The molecule has 2 aromatic heterocycles. The molecule has 6 nitrogen and oxygen atoms in total. The number of nitrogens with one attached hydrogen (secondary N) is 2. The quantitative estimate of drug-likeness (QED) is 0.703. The number of aryl methyl sites for hydroxylation is 1. The number of pyridine rings is 1. The van der Waals surface area contributed by atoms with Crippen LogP contribution in [0.1, 0.15) is 21.5 Å². The van der Waals surface area contributed by atoms with E-state index >= 15 is 0 Å². The Morgan fingerprint density at radius 1 is 1.31 bits per heavy atom. The maximum atomic E-state index is 14.9. The zero-order chi connectivity index (χ0) is 20.5. The van der Waals surface area contributed by atoms with Crippen LogP contribution in [0.5, 0.6) is 0 Å². The summed E-state index contributed by atoms with van der Waals surface area (Å²) < 4.78 is 41.5. The van der Waals surface area contributed by atoms with Gasteiger partial charge >= 0.3 is 0 Å². The van der Waals surface area contributed by atoms with Crippen molar-refractivity contribution in [1.82, 2.24) is 15.6 Å². The van der Waals surface area contributed by atoms with E-state index in [0.29, 0.717) is 36.2 Å². The Morgan fingerprint density at radius 2 is 2.07 bits per heavy atom. The number of carbonyl (C=O) groups is 1. The Morgan fingerprint density at radius 3 is 2.72 bits per heavy atom. The van der Waals surface area contributed by atoms with E-state index in [1.54, 1.807) is 12.3 Å². The maximum Gasteiger partial charge on any atom is 0.251 e. The van der Waals surface area contributed by atoms with Crippen LogP contribution in [-0.2, 0) is 11.2 Å². The first-order chi connectivity index (χ1) is 14.0. The fourth-order valence-corrected chi connectivity index (χ4v) is 3.56. The van der Waals surface area contributed by atoms with Gasteiger partial charge in [0, 0.05) is 43.9 Å². The van der Waals surface area contributed by atoms with E-state index in [0.717, 1.165) is 24.2 Å². The minimum Gasteiger partial charge on any atom is -0.454 e. The molecular formula is C21H21F2N3O3. The molecule has 1 aliphatic heterocycles. The number of halogens is 2. The first kappa shape index (κ1) is 19.5. The number of nitrogens with zero attached hydrogens (tertiary/aromatic N) is 1. The van der Waals surface area contributed by atoms with Gasteiger partial charge < -0.3 is 19.8 Å². The molecule has 0 unspecified atom stereocenters. The molecule has 1 amide bonds. The lowest BCUT2D eigenvalue weighted by Gasteiger charge is -2.23. The summed E-state index contributed by atoms with van der Waals surface area (Å²) in [7, 11) is 1.40. The van der Waals surface area contributed by atoms with Crippen molar-refractivity contribution in [2.75, 3.05) is 26.7 Å². The Hall–Kier alpha value is -2.84. The molecule has 0 radical (unpaired) electrons. The van der Waals surface area contributed by atoms with E-state index in [1.165, 1.54) is 7.05 Å². The predicted octanol–water partition coefficient (Wildman–Crippen LogP) is 2.97. The summed E-state index contributed by atoms with van der Waals surface area (Å²) in [6.07, 6.45) is 1.91. The summed E-state index contributed by atoms with van der Waals surface area (Å²) in [6, 6.07) is 3.79. The van der Waals surface area contributed by atoms with Gasteiger partial charge in [0.1, 0.15) is 22.9 Å². The average molecular weight is 401 g/mol. The number of carbonyl (C=O) groups excluding carboxylic acids is 1. The highest BCUT2D eigenvalue weighted by atomic mass is 19.1. The Labute approximate surface area is 166 Å². The van der Waals surface area contributed by atoms with Crippen LogP contribution in [0.3, 0.4) is 0 Å². The second-order valence-electron chi connectivity index (χ2n) is 7.06. The first-order valence-corrected chi connectivity index (χ1v) is 9.39. The summed E-state index contributed by atoms with van der Waals surface area (Å²) in [5, 5.41) is 5.60.